The van der Waals surface area contributed by atoms with E-state index in [-0.39, 0.29) is 5.92 Å². The molecule has 0 radical (unpaired) electrons. The number of carboxylic acids is 1. The second-order valence-corrected chi connectivity index (χ2v) is 6.52. The first-order valence-electron chi connectivity index (χ1n) is 8.76. The molecular formula is C19H29NO3. The first-order valence-corrected chi connectivity index (χ1v) is 8.76. The van der Waals surface area contributed by atoms with Crippen LogP contribution in [0.2, 0.25) is 0 Å². The Labute approximate surface area is 139 Å². The third kappa shape index (κ3) is 5.24. The van der Waals surface area contributed by atoms with Crippen LogP contribution < -0.4 is 10.1 Å². The number of ether oxygens (including phenoxy) is 1. The standard InChI is InChI=1S/C19H29NO3/c1-3-4-5-18(14-8-12-17(23-2)13-9-14)20-16-10-6-15(7-11-16)19(21)22/h8-9,12-13,15-16,18,20H,3-7,10-11H2,1-2H3,(H,21,22). The molecule has 0 amide bonds. The summed E-state index contributed by atoms with van der Waals surface area (Å²) in [4.78, 5) is 11.1. The Kier molecular flexibility index (Phi) is 6.90. The lowest BCUT2D eigenvalue weighted by Gasteiger charge is -2.31. The average molecular weight is 319 g/mol. The van der Waals surface area contributed by atoms with Crippen molar-refractivity contribution in [3.63, 3.8) is 0 Å². The summed E-state index contributed by atoms with van der Waals surface area (Å²) in [6.45, 7) is 2.21. The molecule has 0 aliphatic heterocycles. The Balaban J connectivity index is 1.96. The van der Waals surface area contributed by atoms with Crippen molar-refractivity contribution in [2.45, 2.75) is 64.0 Å². The number of methoxy groups -OCH3 is 1. The van der Waals surface area contributed by atoms with E-state index in [4.69, 9.17) is 9.84 Å². The number of rotatable bonds is 8. The number of benzene rings is 1. The summed E-state index contributed by atoms with van der Waals surface area (Å²) in [5.41, 5.74) is 1.29. The van der Waals surface area contributed by atoms with Gasteiger partial charge in [-0.05, 0) is 49.8 Å². The molecule has 0 bridgehead atoms. The lowest BCUT2D eigenvalue weighted by molar-refractivity contribution is -0.142. The number of nitrogens with one attached hydrogen (secondary N) is 1. The maximum Gasteiger partial charge on any atom is 0.306 e. The molecule has 4 nitrogen and oxygen atoms in total. The number of carbonyl (C=O) groups is 1. The molecule has 0 saturated heterocycles. The second-order valence-electron chi connectivity index (χ2n) is 6.52. The molecule has 1 saturated carbocycles. The molecule has 1 aromatic rings. The molecule has 1 atom stereocenters. The zero-order valence-corrected chi connectivity index (χ0v) is 14.3. The lowest BCUT2D eigenvalue weighted by Crippen LogP contribution is -2.37. The van der Waals surface area contributed by atoms with E-state index in [1.807, 2.05) is 12.1 Å². The van der Waals surface area contributed by atoms with Gasteiger partial charge in [-0.25, -0.2) is 0 Å². The van der Waals surface area contributed by atoms with Crippen LogP contribution in [0.15, 0.2) is 24.3 Å². The molecule has 128 valence electrons. The highest BCUT2D eigenvalue weighted by atomic mass is 16.5. The topological polar surface area (TPSA) is 58.6 Å². The van der Waals surface area contributed by atoms with E-state index in [9.17, 15) is 4.79 Å². The Hall–Kier alpha value is -1.55. The second kappa shape index (κ2) is 8.92. The molecule has 1 aromatic carbocycles. The van der Waals surface area contributed by atoms with E-state index < -0.39 is 5.97 Å². The normalized spacial score (nSPS) is 22.5. The highest BCUT2D eigenvalue weighted by Gasteiger charge is 2.27. The van der Waals surface area contributed by atoms with Crippen molar-refractivity contribution >= 4 is 5.97 Å². The van der Waals surface area contributed by atoms with Gasteiger partial charge in [0.2, 0.25) is 0 Å². The van der Waals surface area contributed by atoms with Crippen LogP contribution in [0.25, 0.3) is 0 Å². The number of hydrogen-bond donors (Lipinski definition) is 2. The van der Waals surface area contributed by atoms with Crippen molar-refractivity contribution in [2.75, 3.05) is 7.11 Å². The van der Waals surface area contributed by atoms with Gasteiger partial charge in [0, 0.05) is 12.1 Å². The Morgan fingerprint density at radius 2 is 1.91 bits per heavy atom. The molecule has 1 unspecified atom stereocenters. The van der Waals surface area contributed by atoms with E-state index >= 15 is 0 Å². The van der Waals surface area contributed by atoms with Gasteiger partial charge < -0.3 is 15.2 Å². The van der Waals surface area contributed by atoms with Crippen LogP contribution in [0, 0.1) is 5.92 Å². The van der Waals surface area contributed by atoms with Crippen LogP contribution >= 0.6 is 0 Å². The Morgan fingerprint density at radius 1 is 1.26 bits per heavy atom. The van der Waals surface area contributed by atoms with E-state index in [0.717, 1.165) is 37.9 Å². The van der Waals surface area contributed by atoms with Crippen molar-refractivity contribution in [2.24, 2.45) is 5.92 Å². The molecule has 1 fully saturated rings. The van der Waals surface area contributed by atoms with Gasteiger partial charge in [0.1, 0.15) is 5.75 Å². The summed E-state index contributed by atoms with van der Waals surface area (Å²) in [6.07, 6.45) is 6.97. The fourth-order valence-corrected chi connectivity index (χ4v) is 3.38. The van der Waals surface area contributed by atoms with Crippen LogP contribution in [-0.2, 0) is 4.79 Å². The van der Waals surface area contributed by atoms with Crippen LogP contribution in [-0.4, -0.2) is 24.2 Å². The van der Waals surface area contributed by atoms with E-state index in [1.165, 1.54) is 18.4 Å². The third-order valence-electron chi connectivity index (χ3n) is 4.88. The molecule has 0 spiro atoms. The summed E-state index contributed by atoms with van der Waals surface area (Å²) in [7, 11) is 1.68. The van der Waals surface area contributed by atoms with Gasteiger partial charge >= 0.3 is 5.97 Å². The van der Waals surface area contributed by atoms with Gasteiger partial charge in [-0.3, -0.25) is 4.79 Å². The molecule has 1 aliphatic rings. The highest BCUT2D eigenvalue weighted by Crippen LogP contribution is 2.28. The molecule has 0 heterocycles. The maximum atomic E-state index is 11.1. The fraction of sp³-hybridized carbons (Fsp3) is 0.632. The van der Waals surface area contributed by atoms with Gasteiger partial charge in [0.25, 0.3) is 0 Å². The summed E-state index contributed by atoms with van der Waals surface area (Å²) in [6, 6.07) is 9.06. The van der Waals surface area contributed by atoms with Gasteiger partial charge in [-0.15, -0.1) is 0 Å². The molecule has 4 heteroatoms. The van der Waals surface area contributed by atoms with Crippen molar-refractivity contribution < 1.29 is 14.6 Å². The number of unbranched alkanes of at least 4 members (excludes halogenated alkanes) is 1. The first kappa shape index (κ1) is 17.8. The lowest BCUT2D eigenvalue weighted by atomic mass is 9.85. The van der Waals surface area contributed by atoms with Crippen LogP contribution in [0.1, 0.15) is 63.5 Å². The molecule has 1 aliphatic carbocycles. The molecule has 0 aromatic heterocycles. The highest BCUT2D eigenvalue weighted by molar-refractivity contribution is 5.70. The minimum Gasteiger partial charge on any atom is -0.497 e. The van der Waals surface area contributed by atoms with Gasteiger partial charge in [-0.1, -0.05) is 31.9 Å². The molecule has 2 N–H and O–H groups in total. The zero-order chi connectivity index (χ0) is 16.7. The maximum absolute atomic E-state index is 11.1. The van der Waals surface area contributed by atoms with Gasteiger partial charge in [0.15, 0.2) is 0 Å². The zero-order valence-electron chi connectivity index (χ0n) is 14.3. The Bertz CT molecular complexity index is 478. The van der Waals surface area contributed by atoms with E-state index in [1.54, 1.807) is 7.11 Å². The Morgan fingerprint density at radius 3 is 2.43 bits per heavy atom. The van der Waals surface area contributed by atoms with E-state index in [2.05, 4.69) is 24.4 Å². The van der Waals surface area contributed by atoms with Crippen LogP contribution in [0.4, 0.5) is 0 Å². The summed E-state index contributed by atoms with van der Waals surface area (Å²) >= 11 is 0. The number of hydrogen-bond acceptors (Lipinski definition) is 3. The van der Waals surface area contributed by atoms with Crippen molar-refractivity contribution in [3.05, 3.63) is 29.8 Å². The van der Waals surface area contributed by atoms with E-state index in [0.29, 0.717) is 12.1 Å². The van der Waals surface area contributed by atoms with Gasteiger partial charge in [-0.2, -0.15) is 0 Å². The van der Waals surface area contributed by atoms with Crippen molar-refractivity contribution in [1.82, 2.24) is 5.32 Å². The SMILES string of the molecule is CCCCC(NC1CCC(C(=O)O)CC1)c1ccc(OC)cc1. The largest absolute Gasteiger partial charge is 0.497 e. The summed E-state index contributed by atoms with van der Waals surface area (Å²) < 4.78 is 5.24. The minimum atomic E-state index is -0.638. The third-order valence-corrected chi connectivity index (χ3v) is 4.88. The summed E-state index contributed by atoms with van der Waals surface area (Å²) in [5, 5.41) is 12.9. The predicted molar refractivity (Wildman–Crippen MR) is 91.8 cm³/mol. The average Bonchev–Trinajstić information content (AvgIpc) is 2.59. The monoisotopic (exact) mass is 319 g/mol. The molecular weight excluding hydrogens is 290 g/mol. The molecule has 23 heavy (non-hydrogen) atoms. The first-order chi connectivity index (χ1) is 11.1. The van der Waals surface area contributed by atoms with Crippen LogP contribution in [0.3, 0.4) is 0 Å². The summed E-state index contributed by atoms with van der Waals surface area (Å²) in [5.74, 6) is 0.0919. The number of carboxylic acid groups (broad SMARTS) is 1. The van der Waals surface area contributed by atoms with Gasteiger partial charge in [0.05, 0.1) is 13.0 Å². The smallest absolute Gasteiger partial charge is 0.306 e. The minimum absolute atomic E-state index is 0.150. The number of aliphatic carboxylic acids is 1. The quantitative estimate of drug-likeness (QED) is 0.755. The molecule has 2 rings (SSSR count). The fourth-order valence-electron chi connectivity index (χ4n) is 3.38. The van der Waals surface area contributed by atoms with Crippen molar-refractivity contribution in [1.29, 1.82) is 0 Å². The predicted octanol–water partition coefficient (Wildman–Crippen LogP) is 4.16. The van der Waals surface area contributed by atoms with Crippen molar-refractivity contribution in [3.8, 4) is 5.75 Å². The van der Waals surface area contributed by atoms with Crippen LogP contribution in [0.5, 0.6) is 5.75 Å².